The van der Waals surface area contributed by atoms with E-state index < -0.39 is 18.0 Å². The average Bonchev–Trinajstić information content (AvgIpc) is 2.14. The van der Waals surface area contributed by atoms with Crippen molar-refractivity contribution < 1.29 is 19.8 Å². The fraction of sp³-hybridized carbons (Fsp3) is 0.818. The summed E-state index contributed by atoms with van der Waals surface area (Å²) in [5.74, 6) is -1.15. The highest BCUT2D eigenvalue weighted by Gasteiger charge is 2.19. The number of urea groups is 1. The van der Waals surface area contributed by atoms with E-state index in [4.69, 9.17) is 10.2 Å². The van der Waals surface area contributed by atoms with Crippen LogP contribution in [0.1, 0.15) is 33.6 Å². The Morgan fingerprint density at radius 3 is 2.29 bits per heavy atom. The molecule has 0 saturated carbocycles. The van der Waals surface area contributed by atoms with E-state index in [0.717, 1.165) is 6.42 Å². The summed E-state index contributed by atoms with van der Waals surface area (Å²) in [6, 6.07) is -1.57. The largest absolute Gasteiger partial charge is 0.480 e. The van der Waals surface area contributed by atoms with Crippen molar-refractivity contribution in [1.82, 2.24) is 10.6 Å². The van der Waals surface area contributed by atoms with Crippen LogP contribution in [0.2, 0.25) is 0 Å². The topological polar surface area (TPSA) is 98.7 Å². The zero-order chi connectivity index (χ0) is 13.5. The Balaban J connectivity index is 3.95. The maximum atomic E-state index is 11.4. The predicted octanol–water partition coefficient (Wildman–Crippen LogP) is 0.557. The number of carboxylic acid groups (broad SMARTS) is 1. The van der Waals surface area contributed by atoms with Gasteiger partial charge in [0.1, 0.15) is 6.04 Å². The van der Waals surface area contributed by atoms with Crippen molar-refractivity contribution in [3.8, 4) is 0 Å². The molecule has 2 amide bonds. The highest BCUT2D eigenvalue weighted by Crippen LogP contribution is 2.16. The minimum absolute atomic E-state index is 0.00201. The Morgan fingerprint density at radius 1 is 1.29 bits per heavy atom. The number of nitrogens with one attached hydrogen (secondary N) is 2. The third-order valence-electron chi connectivity index (χ3n) is 2.18. The van der Waals surface area contributed by atoms with Crippen LogP contribution >= 0.6 is 0 Å². The van der Waals surface area contributed by atoms with E-state index in [1.807, 2.05) is 0 Å². The van der Waals surface area contributed by atoms with Crippen molar-refractivity contribution in [2.24, 2.45) is 5.41 Å². The Labute approximate surface area is 101 Å². The van der Waals surface area contributed by atoms with Crippen LogP contribution in [0, 0.1) is 5.41 Å². The fourth-order valence-corrected chi connectivity index (χ4v) is 1.15. The van der Waals surface area contributed by atoms with Crippen LogP contribution in [0.3, 0.4) is 0 Å². The molecule has 6 heteroatoms. The standard InChI is InChI=1S/C11H22N2O4/c1-11(2,3)5-6-12-10(17)13-8(4-7-14)9(15)16/h8,14H,4-7H2,1-3H3,(H,15,16)(H2,12,13,17)/t8-/m1/s1. The summed E-state index contributed by atoms with van der Waals surface area (Å²) >= 11 is 0. The van der Waals surface area contributed by atoms with Crippen molar-refractivity contribution in [2.45, 2.75) is 39.7 Å². The molecule has 4 N–H and O–H groups in total. The van der Waals surface area contributed by atoms with Gasteiger partial charge in [0.05, 0.1) is 0 Å². The summed E-state index contributed by atoms with van der Waals surface area (Å²) in [6.07, 6.45) is 0.806. The summed E-state index contributed by atoms with van der Waals surface area (Å²) in [7, 11) is 0. The highest BCUT2D eigenvalue weighted by atomic mass is 16.4. The number of aliphatic hydroxyl groups is 1. The Morgan fingerprint density at radius 2 is 1.88 bits per heavy atom. The van der Waals surface area contributed by atoms with Crippen LogP contribution in [0.5, 0.6) is 0 Å². The summed E-state index contributed by atoms with van der Waals surface area (Å²) in [6.45, 7) is 6.37. The first-order chi connectivity index (χ1) is 7.76. The van der Waals surface area contributed by atoms with Gasteiger partial charge < -0.3 is 20.8 Å². The molecule has 0 spiro atoms. The molecule has 0 aromatic rings. The predicted molar refractivity (Wildman–Crippen MR) is 63.7 cm³/mol. The van der Waals surface area contributed by atoms with Crippen molar-refractivity contribution in [1.29, 1.82) is 0 Å². The van der Waals surface area contributed by atoms with E-state index in [0.29, 0.717) is 6.54 Å². The third-order valence-corrected chi connectivity index (χ3v) is 2.18. The smallest absolute Gasteiger partial charge is 0.326 e. The number of rotatable bonds is 6. The number of hydrogen-bond acceptors (Lipinski definition) is 3. The lowest BCUT2D eigenvalue weighted by Crippen LogP contribution is -2.46. The number of hydrogen-bond donors (Lipinski definition) is 4. The third kappa shape index (κ3) is 8.50. The molecular formula is C11H22N2O4. The van der Waals surface area contributed by atoms with Gasteiger partial charge in [0, 0.05) is 19.6 Å². The summed E-state index contributed by atoms with van der Waals surface area (Å²) in [5, 5.41) is 22.3. The minimum Gasteiger partial charge on any atom is -0.480 e. The second kappa shape index (κ2) is 7.11. The van der Waals surface area contributed by atoms with Crippen molar-refractivity contribution in [2.75, 3.05) is 13.2 Å². The average molecular weight is 246 g/mol. The van der Waals surface area contributed by atoms with Gasteiger partial charge in [0.15, 0.2) is 0 Å². The first-order valence-corrected chi connectivity index (χ1v) is 5.64. The molecule has 0 aromatic heterocycles. The lowest BCUT2D eigenvalue weighted by molar-refractivity contribution is -0.139. The molecule has 6 nitrogen and oxygen atoms in total. The number of carbonyl (C=O) groups is 2. The first-order valence-electron chi connectivity index (χ1n) is 5.64. The molecule has 17 heavy (non-hydrogen) atoms. The lowest BCUT2D eigenvalue weighted by Gasteiger charge is -2.19. The highest BCUT2D eigenvalue weighted by molar-refractivity contribution is 5.82. The Hall–Kier alpha value is -1.30. The minimum atomic E-state index is -1.15. The molecule has 100 valence electrons. The van der Waals surface area contributed by atoms with Gasteiger partial charge >= 0.3 is 12.0 Å². The Bertz CT molecular complexity index is 261. The number of aliphatic hydroxyl groups excluding tert-OH is 1. The van der Waals surface area contributed by atoms with E-state index >= 15 is 0 Å². The molecule has 0 aromatic carbocycles. The van der Waals surface area contributed by atoms with Gasteiger partial charge in [-0.15, -0.1) is 0 Å². The van der Waals surface area contributed by atoms with Gasteiger partial charge in [-0.2, -0.15) is 0 Å². The van der Waals surface area contributed by atoms with Gasteiger partial charge in [-0.3, -0.25) is 0 Å². The van der Waals surface area contributed by atoms with E-state index in [2.05, 4.69) is 31.4 Å². The van der Waals surface area contributed by atoms with Crippen molar-refractivity contribution >= 4 is 12.0 Å². The normalized spacial score (nSPS) is 12.9. The molecule has 0 aliphatic rings. The van der Waals surface area contributed by atoms with Crippen molar-refractivity contribution in [3.63, 3.8) is 0 Å². The summed E-state index contributed by atoms with van der Waals surface area (Å²) in [5.41, 5.74) is 0.116. The number of carboxylic acids is 1. The molecule has 1 atom stereocenters. The quantitative estimate of drug-likeness (QED) is 0.550. The number of aliphatic carboxylic acids is 1. The Kier molecular flexibility index (Phi) is 6.57. The molecule has 0 radical (unpaired) electrons. The fourth-order valence-electron chi connectivity index (χ4n) is 1.15. The van der Waals surface area contributed by atoms with Crippen LogP contribution in [-0.4, -0.2) is 41.4 Å². The maximum absolute atomic E-state index is 11.4. The van der Waals surface area contributed by atoms with Crippen LogP contribution < -0.4 is 10.6 Å². The molecule has 0 unspecified atom stereocenters. The molecule has 0 fully saturated rings. The number of amides is 2. The van der Waals surface area contributed by atoms with Crippen LogP contribution in [0.15, 0.2) is 0 Å². The van der Waals surface area contributed by atoms with Crippen LogP contribution in [0.4, 0.5) is 4.79 Å². The monoisotopic (exact) mass is 246 g/mol. The summed E-state index contributed by atoms with van der Waals surface area (Å²) in [4.78, 5) is 22.1. The van der Waals surface area contributed by atoms with Crippen molar-refractivity contribution in [3.05, 3.63) is 0 Å². The second-order valence-corrected chi connectivity index (χ2v) is 5.11. The van der Waals surface area contributed by atoms with Crippen LogP contribution in [-0.2, 0) is 4.79 Å². The molecule has 0 aliphatic carbocycles. The second-order valence-electron chi connectivity index (χ2n) is 5.11. The molecule has 0 heterocycles. The zero-order valence-corrected chi connectivity index (χ0v) is 10.6. The number of carbonyl (C=O) groups excluding carboxylic acids is 1. The molecule has 0 rings (SSSR count). The molecular weight excluding hydrogens is 224 g/mol. The SMILES string of the molecule is CC(C)(C)CCNC(=O)N[C@H](CCO)C(=O)O. The first kappa shape index (κ1) is 15.7. The molecule has 0 saturated heterocycles. The van der Waals surface area contributed by atoms with E-state index in [-0.39, 0.29) is 18.4 Å². The van der Waals surface area contributed by atoms with E-state index in [1.165, 1.54) is 0 Å². The van der Waals surface area contributed by atoms with Gasteiger partial charge in [-0.1, -0.05) is 20.8 Å². The molecule has 0 bridgehead atoms. The lowest BCUT2D eigenvalue weighted by atomic mass is 9.92. The van der Waals surface area contributed by atoms with Crippen LogP contribution in [0.25, 0.3) is 0 Å². The zero-order valence-electron chi connectivity index (χ0n) is 10.6. The summed E-state index contributed by atoms with van der Waals surface area (Å²) < 4.78 is 0. The van der Waals surface area contributed by atoms with Gasteiger partial charge in [-0.05, 0) is 11.8 Å². The van der Waals surface area contributed by atoms with E-state index in [9.17, 15) is 9.59 Å². The van der Waals surface area contributed by atoms with Gasteiger partial charge in [0.25, 0.3) is 0 Å². The molecule has 0 aliphatic heterocycles. The van der Waals surface area contributed by atoms with Gasteiger partial charge in [-0.25, -0.2) is 9.59 Å². The maximum Gasteiger partial charge on any atom is 0.326 e. The van der Waals surface area contributed by atoms with E-state index in [1.54, 1.807) is 0 Å². The van der Waals surface area contributed by atoms with Gasteiger partial charge in [0.2, 0.25) is 0 Å².